The molecule has 2 atom stereocenters. The SMILES string of the molecule is C=N[C@@H]1CCCC[C@H]1/N=C/c1cc(C(C)(C)C)cc(C(C)(C)C)c1O. The molecule has 0 aromatic heterocycles. The predicted octanol–water partition coefficient (Wildman–Crippen LogP) is 5.42. The van der Waals surface area contributed by atoms with Crippen LogP contribution in [0.15, 0.2) is 22.1 Å². The van der Waals surface area contributed by atoms with Crippen LogP contribution in [-0.2, 0) is 10.8 Å². The van der Waals surface area contributed by atoms with E-state index in [1.165, 1.54) is 18.4 Å². The number of phenolic OH excluding ortho intramolecular Hbond substituents is 1. The third kappa shape index (κ3) is 4.71. The normalized spacial score (nSPS) is 22.3. The molecule has 1 saturated carbocycles. The summed E-state index contributed by atoms with van der Waals surface area (Å²) in [6, 6.07) is 4.61. The molecule has 0 aliphatic heterocycles. The minimum Gasteiger partial charge on any atom is -0.507 e. The van der Waals surface area contributed by atoms with Crippen molar-refractivity contribution in [2.45, 2.75) is 90.1 Å². The van der Waals surface area contributed by atoms with Crippen molar-refractivity contribution in [3.8, 4) is 5.75 Å². The lowest BCUT2D eigenvalue weighted by Gasteiger charge is -2.27. The van der Waals surface area contributed by atoms with Crippen LogP contribution in [0, 0.1) is 0 Å². The van der Waals surface area contributed by atoms with Crippen LogP contribution >= 0.6 is 0 Å². The first kappa shape index (κ1) is 19.7. The monoisotopic (exact) mass is 342 g/mol. The summed E-state index contributed by atoms with van der Waals surface area (Å²) in [6.07, 6.45) is 6.36. The minimum absolute atomic E-state index is 0.0202. The molecule has 0 heterocycles. The lowest BCUT2D eigenvalue weighted by molar-refractivity contribution is 0.390. The Bertz CT molecular complexity index is 647. The van der Waals surface area contributed by atoms with Gasteiger partial charge in [-0.25, -0.2) is 0 Å². The lowest BCUT2D eigenvalue weighted by atomic mass is 9.79. The molecule has 1 aliphatic carbocycles. The van der Waals surface area contributed by atoms with Crippen LogP contribution in [0.5, 0.6) is 5.75 Å². The second-order valence-corrected chi connectivity index (χ2v) is 9.34. The lowest BCUT2D eigenvalue weighted by Crippen LogP contribution is -2.26. The average Bonchev–Trinajstić information content (AvgIpc) is 2.51. The first-order chi connectivity index (χ1) is 11.5. The van der Waals surface area contributed by atoms with Gasteiger partial charge in [0.15, 0.2) is 0 Å². The Hall–Kier alpha value is -1.64. The molecule has 1 fully saturated rings. The predicted molar refractivity (Wildman–Crippen MR) is 109 cm³/mol. The molecule has 0 radical (unpaired) electrons. The van der Waals surface area contributed by atoms with Crippen molar-refractivity contribution in [3.63, 3.8) is 0 Å². The van der Waals surface area contributed by atoms with Gasteiger partial charge in [0.1, 0.15) is 5.75 Å². The fourth-order valence-electron chi connectivity index (χ4n) is 3.41. The third-order valence-electron chi connectivity index (χ3n) is 5.15. The van der Waals surface area contributed by atoms with Crippen LogP contribution < -0.4 is 0 Å². The molecular weight excluding hydrogens is 308 g/mol. The maximum Gasteiger partial charge on any atom is 0.128 e. The number of hydrogen-bond donors (Lipinski definition) is 1. The number of rotatable bonds is 3. The molecule has 3 heteroatoms. The van der Waals surface area contributed by atoms with E-state index < -0.39 is 0 Å². The summed E-state index contributed by atoms with van der Waals surface area (Å²) in [6.45, 7) is 16.7. The van der Waals surface area contributed by atoms with Crippen molar-refractivity contribution in [1.29, 1.82) is 0 Å². The van der Waals surface area contributed by atoms with E-state index in [-0.39, 0.29) is 22.9 Å². The first-order valence-corrected chi connectivity index (χ1v) is 9.41. The molecule has 1 aliphatic rings. The molecule has 138 valence electrons. The number of aliphatic imine (C=N–C) groups is 2. The highest BCUT2D eigenvalue weighted by Gasteiger charge is 2.26. The molecule has 1 aromatic rings. The van der Waals surface area contributed by atoms with E-state index in [9.17, 15) is 5.11 Å². The fraction of sp³-hybridized carbons (Fsp3) is 0.636. The topological polar surface area (TPSA) is 45.0 Å². The summed E-state index contributed by atoms with van der Waals surface area (Å²) in [4.78, 5) is 9.05. The van der Waals surface area contributed by atoms with E-state index in [0.717, 1.165) is 24.0 Å². The molecule has 0 bridgehead atoms. The molecule has 0 unspecified atom stereocenters. The van der Waals surface area contributed by atoms with Crippen molar-refractivity contribution in [3.05, 3.63) is 28.8 Å². The molecule has 3 nitrogen and oxygen atoms in total. The summed E-state index contributed by atoms with van der Waals surface area (Å²) >= 11 is 0. The largest absolute Gasteiger partial charge is 0.507 e. The van der Waals surface area contributed by atoms with Gasteiger partial charge in [0.2, 0.25) is 0 Å². The summed E-state index contributed by atoms with van der Waals surface area (Å²) in [5.74, 6) is 0.350. The fourth-order valence-corrected chi connectivity index (χ4v) is 3.41. The Morgan fingerprint density at radius 3 is 2.12 bits per heavy atom. The summed E-state index contributed by atoms with van der Waals surface area (Å²) in [7, 11) is 0. The van der Waals surface area contributed by atoms with Crippen molar-refractivity contribution in [2.24, 2.45) is 9.98 Å². The number of hydrogen-bond acceptors (Lipinski definition) is 3. The van der Waals surface area contributed by atoms with Crippen LogP contribution in [0.1, 0.15) is 83.9 Å². The zero-order valence-corrected chi connectivity index (χ0v) is 16.8. The van der Waals surface area contributed by atoms with Crippen LogP contribution in [0.3, 0.4) is 0 Å². The Morgan fingerprint density at radius 2 is 1.60 bits per heavy atom. The summed E-state index contributed by atoms with van der Waals surface area (Å²) in [5, 5.41) is 10.8. The number of nitrogens with zero attached hydrogens (tertiary/aromatic N) is 2. The van der Waals surface area contributed by atoms with E-state index >= 15 is 0 Å². The summed E-state index contributed by atoms with van der Waals surface area (Å²) in [5.41, 5.74) is 2.91. The van der Waals surface area contributed by atoms with E-state index in [0.29, 0.717) is 5.75 Å². The van der Waals surface area contributed by atoms with Crippen molar-refractivity contribution < 1.29 is 5.11 Å². The Balaban J connectivity index is 2.45. The van der Waals surface area contributed by atoms with E-state index in [1.807, 2.05) is 6.21 Å². The van der Waals surface area contributed by atoms with E-state index in [4.69, 9.17) is 4.99 Å². The van der Waals surface area contributed by atoms with Crippen LogP contribution in [0.4, 0.5) is 0 Å². The number of phenols is 1. The van der Waals surface area contributed by atoms with Gasteiger partial charge in [-0.05, 0) is 42.0 Å². The minimum atomic E-state index is -0.121. The van der Waals surface area contributed by atoms with Gasteiger partial charge in [0, 0.05) is 17.3 Å². The Labute approximate surface area is 153 Å². The van der Waals surface area contributed by atoms with Gasteiger partial charge >= 0.3 is 0 Å². The van der Waals surface area contributed by atoms with Gasteiger partial charge in [-0.1, -0.05) is 60.5 Å². The molecular formula is C22H34N2O. The molecule has 25 heavy (non-hydrogen) atoms. The number of aromatic hydroxyl groups is 1. The highest BCUT2D eigenvalue weighted by atomic mass is 16.3. The molecule has 0 spiro atoms. The molecule has 1 N–H and O–H groups in total. The van der Waals surface area contributed by atoms with Crippen LogP contribution in [0.25, 0.3) is 0 Å². The van der Waals surface area contributed by atoms with Gasteiger partial charge < -0.3 is 5.11 Å². The van der Waals surface area contributed by atoms with Gasteiger partial charge in [-0.3, -0.25) is 9.98 Å². The van der Waals surface area contributed by atoms with Gasteiger partial charge in [-0.15, -0.1) is 0 Å². The van der Waals surface area contributed by atoms with Crippen molar-refractivity contribution in [2.75, 3.05) is 0 Å². The van der Waals surface area contributed by atoms with Crippen LogP contribution in [0.2, 0.25) is 0 Å². The smallest absolute Gasteiger partial charge is 0.128 e. The molecule has 2 rings (SSSR count). The zero-order chi connectivity index (χ0) is 18.8. The maximum absolute atomic E-state index is 10.8. The summed E-state index contributed by atoms with van der Waals surface area (Å²) < 4.78 is 0. The highest BCUT2D eigenvalue weighted by molar-refractivity contribution is 5.85. The zero-order valence-electron chi connectivity index (χ0n) is 16.8. The van der Waals surface area contributed by atoms with Crippen LogP contribution in [-0.4, -0.2) is 30.1 Å². The van der Waals surface area contributed by atoms with Gasteiger partial charge in [-0.2, -0.15) is 0 Å². The standard InChI is InChI=1S/C22H34N2O/c1-21(2,3)16-12-15(20(25)17(13-16)22(4,5)6)14-24-19-11-9-8-10-18(19)23-7/h12-14,18-19,25H,7-11H2,1-6H3/b24-14+/t18-,19-/m1/s1. The second-order valence-electron chi connectivity index (χ2n) is 9.34. The van der Waals surface area contributed by atoms with E-state index in [2.05, 4.69) is 65.4 Å². The van der Waals surface area contributed by atoms with Crippen molar-refractivity contribution >= 4 is 12.9 Å². The third-order valence-corrected chi connectivity index (χ3v) is 5.15. The molecule has 1 aromatic carbocycles. The first-order valence-electron chi connectivity index (χ1n) is 9.41. The molecule has 0 amide bonds. The Morgan fingerprint density at radius 1 is 1.00 bits per heavy atom. The second kappa shape index (κ2) is 7.31. The van der Waals surface area contributed by atoms with Gasteiger partial charge in [0.05, 0.1) is 12.1 Å². The van der Waals surface area contributed by atoms with E-state index in [1.54, 1.807) is 0 Å². The van der Waals surface area contributed by atoms with Gasteiger partial charge in [0.25, 0.3) is 0 Å². The van der Waals surface area contributed by atoms with Crippen molar-refractivity contribution in [1.82, 2.24) is 0 Å². The molecule has 0 saturated heterocycles. The quantitative estimate of drug-likeness (QED) is 0.733. The maximum atomic E-state index is 10.8. The Kier molecular flexibility index (Phi) is 5.75. The number of benzene rings is 1. The highest BCUT2D eigenvalue weighted by Crippen LogP contribution is 2.37. The average molecular weight is 343 g/mol.